The molecule has 2 aliphatic carbocycles. The van der Waals surface area contributed by atoms with Gasteiger partial charge >= 0.3 is 0 Å². The van der Waals surface area contributed by atoms with Gasteiger partial charge in [-0.1, -0.05) is 56.4 Å². The van der Waals surface area contributed by atoms with Gasteiger partial charge in [-0.3, -0.25) is 0 Å². The Balaban J connectivity index is 1.73. The van der Waals surface area contributed by atoms with Crippen LogP contribution in [-0.2, 0) is 6.42 Å². The van der Waals surface area contributed by atoms with Crippen LogP contribution in [0.5, 0.6) is 0 Å². The molecule has 3 unspecified atom stereocenters. The van der Waals surface area contributed by atoms with Gasteiger partial charge in [0.25, 0.3) is 0 Å². The molecule has 2 saturated carbocycles. The van der Waals surface area contributed by atoms with E-state index in [9.17, 15) is 0 Å². The second kappa shape index (κ2) is 4.23. The predicted molar refractivity (Wildman–Crippen MR) is 81.6 cm³/mol. The Morgan fingerprint density at radius 2 is 1.89 bits per heavy atom. The molecular formula is C17H26Si. The molecule has 3 rings (SSSR count). The highest BCUT2D eigenvalue weighted by Crippen LogP contribution is 2.74. The molecule has 0 heterocycles. The van der Waals surface area contributed by atoms with Gasteiger partial charge < -0.3 is 0 Å². The molecule has 1 heteroatoms. The van der Waals surface area contributed by atoms with Crippen LogP contribution in [0, 0.1) is 11.8 Å². The van der Waals surface area contributed by atoms with E-state index in [1.54, 1.807) is 18.4 Å². The summed E-state index contributed by atoms with van der Waals surface area (Å²) >= 11 is 0. The van der Waals surface area contributed by atoms with Crippen LogP contribution in [0.2, 0.25) is 24.7 Å². The zero-order valence-corrected chi connectivity index (χ0v) is 13.1. The van der Waals surface area contributed by atoms with Crippen LogP contribution in [0.25, 0.3) is 0 Å². The summed E-state index contributed by atoms with van der Waals surface area (Å²) in [4.78, 5) is 0. The van der Waals surface area contributed by atoms with Gasteiger partial charge in [-0.2, -0.15) is 0 Å². The van der Waals surface area contributed by atoms with Gasteiger partial charge in [-0.05, 0) is 48.1 Å². The third kappa shape index (κ3) is 1.97. The van der Waals surface area contributed by atoms with Crippen LogP contribution in [0.4, 0.5) is 0 Å². The van der Waals surface area contributed by atoms with Gasteiger partial charge in [0.15, 0.2) is 0 Å². The first-order valence-corrected chi connectivity index (χ1v) is 11.1. The van der Waals surface area contributed by atoms with Crippen molar-refractivity contribution in [1.29, 1.82) is 0 Å². The number of hydrogen-bond donors (Lipinski definition) is 0. The first-order chi connectivity index (χ1) is 8.53. The lowest BCUT2D eigenvalue weighted by molar-refractivity contribution is 0.336. The summed E-state index contributed by atoms with van der Waals surface area (Å²) in [6, 6.07) is 11.1. The first-order valence-electron chi connectivity index (χ1n) is 7.57. The highest BCUT2D eigenvalue weighted by atomic mass is 28.3. The van der Waals surface area contributed by atoms with E-state index in [4.69, 9.17) is 0 Å². The minimum Gasteiger partial charge on any atom is -0.0691 e. The summed E-state index contributed by atoms with van der Waals surface area (Å²) < 4.78 is 0. The second-order valence-electron chi connectivity index (χ2n) is 7.56. The van der Waals surface area contributed by atoms with Crippen LogP contribution in [0.3, 0.4) is 0 Å². The highest BCUT2D eigenvalue weighted by Gasteiger charge is 2.64. The summed E-state index contributed by atoms with van der Waals surface area (Å²) in [7, 11) is -0.966. The van der Waals surface area contributed by atoms with E-state index < -0.39 is 8.07 Å². The Kier molecular flexibility index (Phi) is 2.93. The van der Waals surface area contributed by atoms with E-state index in [-0.39, 0.29) is 0 Å². The summed E-state index contributed by atoms with van der Waals surface area (Å²) in [5, 5.41) is 0.824. The molecule has 0 spiro atoms. The zero-order valence-electron chi connectivity index (χ0n) is 12.1. The fourth-order valence-corrected chi connectivity index (χ4v) is 7.63. The fourth-order valence-electron chi connectivity index (χ4n) is 4.52. The number of benzene rings is 1. The normalized spacial score (nSPS) is 35.1. The van der Waals surface area contributed by atoms with Crippen molar-refractivity contribution in [3.63, 3.8) is 0 Å². The Hall–Kier alpha value is -0.563. The predicted octanol–water partition coefficient (Wildman–Crippen LogP) is 5.13. The average Bonchev–Trinajstić information content (AvgIpc) is 3.07. The van der Waals surface area contributed by atoms with Crippen molar-refractivity contribution < 1.29 is 0 Å². The van der Waals surface area contributed by atoms with Gasteiger partial charge in [0.2, 0.25) is 0 Å². The van der Waals surface area contributed by atoms with Gasteiger partial charge in [-0.25, -0.2) is 0 Å². The zero-order chi connectivity index (χ0) is 12.8. The Morgan fingerprint density at radius 1 is 1.17 bits per heavy atom. The molecule has 2 fully saturated rings. The molecule has 0 N–H and O–H groups in total. The largest absolute Gasteiger partial charge is 0.0691 e. The van der Waals surface area contributed by atoms with Crippen molar-refractivity contribution in [2.24, 2.45) is 11.8 Å². The summed E-state index contributed by atoms with van der Waals surface area (Å²) in [5.41, 5.74) is 1.56. The summed E-state index contributed by atoms with van der Waals surface area (Å²) in [6.07, 6.45) is 7.39. The highest BCUT2D eigenvalue weighted by molar-refractivity contribution is 6.80. The molecule has 1 aromatic rings. The molecule has 3 atom stereocenters. The maximum atomic E-state index is 2.60. The average molecular weight is 258 g/mol. The van der Waals surface area contributed by atoms with E-state index in [1.165, 1.54) is 19.3 Å². The van der Waals surface area contributed by atoms with Crippen molar-refractivity contribution in [2.45, 2.75) is 56.8 Å². The Morgan fingerprint density at radius 3 is 2.56 bits per heavy atom. The minimum absolute atomic E-state index is 0.824. The monoisotopic (exact) mass is 258 g/mol. The topological polar surface area (TPSA) is 0 Å². The molecule has 0 saturated heterocycles. The molecule has 0 amide bonds. The molecular weight excluding hydrogens is 232 g/mol. The lowest BCUT2D eigenvalue weighted by Crippen LogP contribution is -2.34. The standard InChI is InChI=1S/C17H26Si/c1-18(2,3)17-11-7-10-15(16(17)13-17)12-14-8-5-4-6-9-14/h4-6,8-9,15-16H,7,10-13H2,1-3H3. The number of rotatable bonds is 3. The lowest BCUT2D eigenvalue weighted by atomic mass is 9.84. The van der Waals surface area contributed by atoms with Crippen LogP contribution < -0.4 is 0 Å². The van der Waals surface area contributed by atoms with Crippen molar-refractivity contribution in [1.82, 2.24) is 0 Å². The maximum absolute atomic E-state index is 2.60. The molecule has 98 valence electrons. The van der Waals surface area contributed by atoms with Gasteiger partial charge in [-0.15, -0.1) is 0 Å². The Bertz CT molecular complexity index is 417. The van der Waals surface area contributed by atoms with Gasteiger partial charge in [0.05, 0.1) is 8.07 Å². The first kappa shape index (κ1) is 12.5. The molecule has 0 aliphatic heterocycles. The van der Waals surface area contributed by atoms with Crippen LogP contribution in [0.15, 0.2) is 30.3 Å². The van der Waals surface area contributed by atoms with E-state index in [1.807, 2.05) is 0 Å². The molecule has 18 heavy (non-hydrogen) atoms. The van der Waals surface area contributed by atoms with E-state index in [0.29, 0.717) is 0 Å². The van der Waals surface area contributed by atoms with E-state index in [0.717, 1.165) is 16.9 Å². The Labute approximate surface area is 113 Å². The van der Waals surface area contributed by atoms with E-state index >= 15 is 0 Å². The summed E-state index contributed by atoms with van der Waals surface area (Å²) in [6.45, 7) is 7.79. The maximum Gasteiger partial charge on any atom is 0.0509 e. The van der Waals surface area contributed by atoms with Crippen LogP contribution >= 0.6 is 0 Å². The van der Waals surface area contributed by atoms with E-state index in [2.05, 4.69) is 50.0 Å². The molecule has 2 aliphatic rings. The van der Waals surface area contributed by atoms with Crippen molar-refractivity contribution in [3.05, 3.63) is 35.9 Å². The smallest absolute Gasteiger partial charge is 0.0509 e. The van der Waals surface area contributed by atoms with Gasteiger partial charge in [0.1, 0.15) is 0 Å². The minimum atomic E-state index is -0.966. The SMILES string of the molecule is C[Si](C)(C)C12CCCC(Cc3ccccc3)C1C2. The molecule has 0 aromatic heterocycles. The molecule has 1 aromatic carbocycles. The third-order valence-corrected chi connectivity index (χ3v) is 9.55. The number of hydrogen-bond acceptors (Lipinski definition) is 0. The fraction of sp³-hybridized carbons (Fsp3) is 0.647. The third-order valence-electron chi connectivity index (χ3n) is 5.74. The van der Waals surface area contributed by atoms with Crippen molar-refractivity contribution >= 4 is 8.07 Å². The molecule has 0 radical (unpaired) electrons. The number of fused-ring (bicyclic) bond motifs is 1. The van der Waals surface area contributed by atoms with Crippen LogP contribution in [0.1, 0.15) is 31.2 Å². The lowest BCUT2D eigenvalue weighted by Gasteiger charge is -2.37. The summed E-state index contributed by atoms with van der Waals surface area (Å²) in [5.74, 6) is 2.05. The second-order valence-corrected chi connectivity index (χ2v) is 13.1. The molecule has 0 bridgehead atoms. The van der Waals surface area contributed by atoms with Gasteiger partial charge in [0, 0.05) is 0 Å². The quantitative estimate of drug-likeness (QED) is 0.660. The van der Waals surface area contributed by atoms with Crippen molar-refractivity contribution in [2.75, 3.05) is 0 Å². The van der Waals surface area contributed by atoms with Crippen LogP contribution in [-0.4, -0.2) is 8.07 Å². The van der Waals surface area contributed by atoms with Crippen molar-refractivity contribution in [3.8, 4) is 0 Å². The molecule has 0 nitrogen and oxygen atoms in total.